The minimum absolute atomic E-state index is 0.0420. The third kappa shape index (κ3) is 3.51. The standard InChI is InChI=1S/C18H23N3O3S/c1-3-9-19-16(23)12-5-4-6-13(10-12)20-17(24)14-11-25-18(2)8-7-15(22)21(14)18/h4-6,10,14H,3,7-9,11H2,1-2H3,(H,19,23)(H,20,24)/t14-,18+/m0/s1. The molecule has 2 aliphatic heterocycles. The molecule has 2 aliphatic rings. The number of nitrogens with one attached hydrogen (secondary N) is 2. The molecule has 25 heavy (non-hydrogen) atoms. The number of carbonyl (C=O) groups is 3. The molecule has 2 fully saturated rings. The topological polar surface area (TPSA) is 78.5 Å². The van der Waals surface area contributed by atoms with E-state index in [0.29, 0.717) is 30.0 Å². The molecule has 2 saturated heterocycles. The van der Waals surface area contributed by atoms with E-state index in [1.54, 1.807) is 40.9 Å². The van der Waals surface area contributed by atoms with Crippen molar-refractivity contribution in [2.75, 3.05) is 17.6 Å². The summed E-state index contributed by atoms with van der Waals surface area (Å²) in [5, 5.41) is 5.68. The van der Waals surface area contributed by atoms with Crippen molar-refractivity contribution in [3.8, 4) is 0 Å². The van der Waals surface area contributed by atoms with E-state index in [1.165, 1.54) is 0 Å². The van der Waals surface area contributed by atoms with Crippen LogP contribution in [0.1, 0.15) is 43.5 Å². The molecule has 7 heteroatoms. The fraction of sp³-hybridized carbons (Fsp3) is 0.500. The molecule has 1 aromatic rings. The molecule has 3 rings (SSSR count). The molecule has 0 saturated carbocycles. The van der Waals surface area contributed by atoms with Crippen LogP contribution in [0, 0.1) is 0 Å². The first kappa shape index (κ1) is 17.8. The zero-order valence-corrected chi connectivity index (χ0v) is 15.3. The lowest BCUT2D eigenvalue weighted by atomic mass is 10.1. The molecule has 1 aromatic carbocycles. The summed E-state index contributed by atoms with van der Waals surface area (Å²) in [6.45, 7) is 4.63. The lowest BCUT2D eigenvalue weighted by Crippen LogP contribution is -2.48. The molecule has 0 aliphatic carbocycles. The van der Waals surface area contributed by atoms with Crippen molar-refractivity contribution in [1.29, 1.82) is 0 Å². The van der Waals surface area contributed by atoms with Crippen LogP contribution in [0.5, 0.6) is 0 Å². The van der Waals surface area contributed by atoms with Gasteiger partial charge in [0.2, 0.25) is 11.8 Å². The lowest BCUT2D eigenvalue weighted by Gasteiger charge is -2.29. The van der Waals surface area contributed by atoms with E-state index in [-0.39, 0.29) is 22.6 Å². The average molecular weight is 361 g/mol. The van der Waals surface area contributed by atoms with Gasteiger partial charge in [0.05, 0.1) is 4.87 Å². The Labute approximate surface area is 151 Å². The van der Waals surface area contributed by atoms with Crippen molar-refractivity contribution < 1.29 is 14.4 Å². The molecule has 2 N–H and O–H groups in total. The highest BCUT2D eigenvalue weighted by molar-refractivity contribution is 8.01. The molecule has 0 radical (unpaired) electrons. The van der Waals surface area contributed by atoms with Crippen LogP contribution in [-0.4, -0.2) is 45.8 Å². The smallest absolute Gasteiger partial charge is 0.251 e. The summed E-state index contributed by atoms with van der Waals surface area (Å²) in [6, 6.07) is 6.41. The first-order valence-corrected chi connectivity index (χ1v) is 9.58. The first-order valence-electron chi connectivity index (χ1n) is 8.60. The normalized spacial score (nSPS) is 25.0. The van der Waals surface area contributed by atoms with Gasteiger partial charge in [-0.05, 0) is 38.0 Å². The fourth-order valence-corrected chi connectivity index (χ4v) is 4.75. The summed E-state index contributed by atoms with van der Waals surface area (Å²) in [5.41, 5.74) is 1.08. The summed E-state index contributed by atoms with van der Waals surface area (Å²) in [7, 11) is 0. The van der Waals surface area contributed by atoms with Gasteiger partial charge in [0.25, 0.3) is 5.91 Å². The van der Waals surface area contributed by atoms with Gasteiger partial charge in [-0.3, -0.25) is 14.4 Å². The minimum Gasteiger partial charge on any atom is -0.352 e. The van der Waals surface area contributed by atoms with E-state index in [0.717, 1.165) is 12.8 Å². The Kier molecular flexibility index (Phi) is 5.03. The van der Waals surface area contributed by atoms with Crippen LogP contribution in [0.15, 0.2) is 24.3 Å². The zero-order chi connectivity index (χ0) is 18.0. The number of carbonyl (C=O) groups excluding carboxylic acids is 3. The van der Waals surface area contributed by atoms with E-state index in [1.807, 2.05) is 13.8 Å². The summed E-state index contributed by atoms with van der Waals surface area (Å²) in [5.74, 6) is 0.291. The number of hydrogen-bond acceptors (Lipinski definition) is 4. The molecule has 0 unspecified atom stereocenters. The minimum atomic E-state index is -0.456. The summed E-state index contributed by atoms with van der Waals surface area (Å²) in [4.78, 5) is 38.3. The molecular weight excluding hydrogens is 338 g/mol. The number of benzene rings is 1. The maximum Gasteiger partial charge on any atom is 0.251 e. The van der Waals surface area contributed by atoms with Crippen LogP contribution in [0.2, 0.25) is 0 Å². The van der Waals surface area contributed by atoms with Crippen molar-refractivity contribution in [1.82, 2.24) is 10.2 Å². The van der Waals surface area contributed by atoms with Gasteiger partial charge >= 0.3 is 0 Å². The third-order valence-electron chi connectivity index (χ3n) is 4.68. The molecule has 2 heterocycles. The molecule has 134 valence electrons. The molecule has 0 bridgehead atoms. The highest BCUT2D eigenvalue weighted by Crippen LogP contribution is 2.47. The number of fused-ring (bicyclic) bond motifs is 1. The van der Waals surface area contributed by atoms with Crippen LogP contribution >= 0.6 is 11.8 Å². The van der Waals surface area contributed by atoms with E-state index < -0.39 is 6.04 Å². The summed E-state index contributed by atoms with van der Waals surface area (Å²) < 4.78 is 0. The van der Waals surface area contributed by atoms with Crippen molar-refractivity contribution in [2.45, 2.75) is 44.0 Å². The highest BCUT2D eigenvalue weighted by Gasteiger charge is 2.52. The molecule has 6 nitrogen and oxygen atoms in total. The Hall–Kier alpha value is -2.02. The van der Waals surface area contributed by atoms with Gasteiger partial charge in [0, 0.05) is 30.0 Å². The molecule has 0 aromatic heterocycles. The zero-order valence-electron chi connectivity index (χ0n) is 14.5. The van der Waals surface area contributed by atoms with Crippen LogP contribution in [0.3, 0.4) is 0 Å². The van der Waals surface area contributed by atoms with E-state index >= 15 is 0 Å². The summed E-state index contributed by atoms with van der Waals surface area (Å²) >= 11 is 1.66. The van der Waals surface area contributed by atoms with Gasteiger partial charge in [-0.1, -0.05) is 13.0 Å². The maximum atomic E-state index is 12.7. The monoisotopic (exact) mass is 361 g/mol. The predicted molar refractivity (Wildman–Crippen MR) is 98.4 cm³/mol. The third-order valence-corrected chi connectivity index (χ3v) is 6.18. The molecule has 2 atom stereocenters. The Morgan fingerprint density at radius 3 is 2.96 bits per heavy atom. The van der Waals surface area contributed by atoms with Crippen molar-refractivity contribution in [3.63, 3.8) is 0 Å². The number of nitrogens with zero attached hydrogens (tertiary/aromatic N) is 1. The van der Waals surface area contributed by atoms with Crippen LogP contribution < -0.4 is 10.6 Å². The average Bonchev–Trinajstić information content (AvgIpc) is 3.09. The quantitative estimate of drug-likeness (QED) is 0.843. The van der Waals surface area contributed by atoms with Gasteiger partial charge in [-0.15, -0.1) is 11.8 Å². The van der Waals surface area contributed by atoms with Crippen molar-refractivity contribution in [2.24, 2.45) is 0 Å². The Morgan fingerprint density at radius 2 is 2.20 bits per heavy atom. The van der Waals surface area contributed by atoms with Crippen LogP contribution in [0.25, 0.3) is 0 Å². The highest BCUT2D eigenvalue weighted by atomic mass is 32.2. The predicted octanol–water partition coefficient (Wildman–Crippen LogP) is 2.22. The second-order valence-corrected chi connectivity index (χ2v) is 8.09. The van der Waals surface area contributed by atoms with Crippen LogP contribution in [-0.2, 0) is 9.59 Å². The van der Waals surface area contributed by atoms with Crippen LogP contribution in [0.4, 0.5) is 5.69 Å². The van der Waals surface area contributed by atoms with Gasteiger partial charge < -0.3 is 15.5 Å². The Bertz CT molecular complexity index is 709. The number of anilines is 1. The lowest BCUT2D eigenvalue weighted by molar-refractivity contribution is -0.135. The Morgan fingerprint density at radius 1 is 1.40 bits per heavy atom. The molecular formula is C18H23N3O3S. The van der Waals surface area contributed by atoms with Gasteiger partial charge in [0.1, 0.15) is 6.04 Å². The second kappa shape index (κ2) is 7.07. The number of amides is 3. The SMILES string of the molecule is CCCNC(=O)c1cccc(NC(=O)[C@@H]2CS[C@]3(C)CCC(=O)N23)c1. The number of hydrogen-bond donors (Lipinski definition) is 2. The van der Waals surface area contributed by atoms with Crippen molar-refractivity contribution in [3.05, 3.63) is 29.8 Å². The number of thioether (sulfide) groups is 1. The maximum absolute atomic E-state index is 12.7. The fourth-order valence-electron chi connectivity index (χ4n) is 3.32. The Balaban J connectivity index is 1.69. The summed E-state index contributed by atoms with van der Waals surface area (Å²) in [6.07, 6.45) is 2.15. The second-order valence-electron chi connectivity index (χ2n) is 6.59. The van der Waals surface area contributed by atoms with Gasteiger partial charge in [-0.25, -0.2) is 0 Å². The van der Waals surface area contributed by atoms with Gasteiger partial charge in [-0.2, -0.15) is 0 Å². The number of rotatable bonds is 5. The van der Waals surface area contributed by atoms with E-state index in [9.17, 15) is 14.4 Å². The van der Waals surface area contributed by atoms with E-state index in [4.69, 9.17) is 0 Å². The molecule has 0 spiro atoms. The van der Waals surface area contributed by atoms with Gasteiger partial charge in [0.15, 0.2) is 0 Å². The molecule has 3 amide bonds. The van der Waals surface area contributed by atoms with E-state index in [2.05, 4.69) is 10.6 Å². The largest absolute Gasteiger partial charge is 0.352 e. The first-order chi connectivity index (χ1) is 11.9. The van der Waals surface area contributed by atoms with Crippen molar-refractivity contribution >= 4 is 35.2 Å².